The zero-order valence-corrected chi connectivity index (χ0v) is 18.1. The number of fused-ring (bicyclic) bond motifs is 2. The largest absolute Gasteiger partial charge is 0.507 e. The van der Waals surface area contributed by atoms with Gasteiger partial charge in [-0.25, -0.2) is 0 Å². The summed E-state index contributed by atoms with van der Waals surface area (Å²) >= 11 is 6.31. The smallest absolute Gasteiger partial charge is 0.299 e. The predicted octanol–water partition coefficient (Wildman–Crippen LogP) is 6.83. The van der Waals surface area contributed by atoms with Crippen LogP contribution in [0.1, 0.15) is 15.9 Å². The lowest BCUT2D eigenvalue weighted by molar-refractivity contribution is 0.0992. The first-order valence-corrected chi connectivity index (χ1v) is 10.6. The Kier molecular flexibility index (Phi) is 5.28. The maximum atomic E-state index is 12.7. The Morgan fingerprint density at radius 3 is 2.33 bits per heavy atom. The van der Waals surface area contributed by atoms with Crippen molar-refractivity contribution < 1.29 is 15.0 Å². The Morgan fingerprint density at radius 2 is 1.55 bits per heavy atom. The normalized spacial score (nSPS) is 11.5. The van der Waals surface area contributed by atoms with Crippen molar-refractivity contribution >= 4 is 44.9 Å². The Hall–Kier alpha value is -4.16. The highest BCUT2D eigenvalue weighted by atomic mass is 35.5. The second-order valence-corrected chi connectivity index (χ2v) is 8.00. The number of azo groups is 1. The molecule has 5 aromatic rings. The standard InChI is InChI=1S/C26H18ClN3O3/c27-21-11-5-3-9-18(21)15-30-22-12-6-4-10-19(22)24(26(30)33)28-29-25(32)20-13-16-7-1-2-8-17(16)14-23(20)31/h1-14,31,33H,15H2. The molecule has 33 heavy (non-hydrogen) atoms. The fourth-order valence-corrected chi connectivity index (χ4v) is 4.07. The van der Waals surface area contributed by atoms with E-state index in [0.29, 0.717) is 17.0 Å². The number of benzene rings is 4. The summed E-state index contributed by atoms with van der Waals surface area (Å²) in [6, 6.07) is 25.2. The van der Waals surface area contributed by atoms with Crippen molar-refractivity contribution in [3.63, 3.8) is 0 Å². The summed E-state index contributed by atoms with van der Waals surface area (Å²) < 4.78 is 1.67. The van der Waals surface area contributed by atoms with E-state index in [1.807, 2.05) is 60.7 Å². The minimum absolute atomic E-state index is 0.0387. The quantitative estimate of drug-likeness (QED) is 0.291. The summed E-state index contributed by atoms with van der Waals surface area (Å²) in [6.07, 6.45) is 0. The molecule has 0 saturated heterocycles. The number of para-hydroxylation sites is 1. The molecule has 0 bridgehead atoms. The van der Waals surface area contributed by atoms with Crippen LogP contribution in [0.2, 0.25) is 5.02 Å². The van der Waals surface area contributed by atoms with Gasteiger partial charge in [-0.15, -0.1) is 10.2 Å². The van der Waals surface area contributed by atoms with E-state index in [2.05, 4.69) is 10.2 Å². The van der Waals surface area contributed by atoms with Gasteiger partial charge in [-0.2, -0.15) is 0 Å². The topological polar surface area (TPSA) is 87.2 Å². The van der Waals surface area contributed by atoms with Gasteiger partial charge in [0.2, 0.25) is 5.88 Å². The third-order valence-electron chi connectivity index (χ3n) is 5.54. The number of phenolic OH excluding ortho intramolecular Hbond substituents is 1. The van der Waals surface area contributed by atoms with Crippen molar-refractivity contribution in [2.75, 3.05) is 0 Å². The van der Waals surface area contributed by atoms with Crippen LogP contribution >= 0.6 is 11.6 Å². The van der Waals surface area contributed by atoms with Crippen LogP contribution in [0.15, 0.2) is 95.2 Å². The molecule has 0 fully saturated rings. The molecule has 0 unspecified atom stereocenters. The summed E-state index contributed by atoms with van der Waals surface area (Å²) in [6.45, 7) is 0.320. The van der Waals surface area contributed by atoms with E-state index in [0.717, 1.165) is 21.9 Å². The molecule has 0 aliphatic heterocycles. The summed E-state index contributed by atoms with van der Waals surface area (Å²) in [4.78, 5) is 12.7. The van der Waals surface area contributed by atoms with Crippen LogP contribution in [0.3, 0.4) is 0 Å². The van der Waals surface area contributed by atoms with Gasteiger partial charge in [0.1, 0.15) is 5.75 Å². The van der Waals surface area contributed by atoms with Crippen molar-refractivity contribution in [1.29, 1.82) is 0 Å². The molecule has 1 amide bonds. The van der Waals surface area contributed by atoms with Crippen molar-refractivity contribution in [3.8, 4) is 11.6 Å². The van der Waals surface area contributed by atoms with Gasteiger partial charge < -0.3 is 14.8 Å². The molecule has 0 radical (unpaired) electrons. The van der Waals surface area contributed by atoms with E-state index in [-0.39, 0.29) is 22.9 Å². The maximum Gasteiger partial charge on any atom is 0.299 e. The first kappa shape index (κ1) is 20.7. The van der Waals surface area contributed by atoms with Crippen molar-refractivity contribution in [3.05, 3.63) is 101 Å². The first-order valence-electron chi connectivity index (χ1n) is 10.2. The van der Waals surface area contributed by atoms with Crippen LogP contribution in [0.5, 0.6) is 11.6 Å². The number of rotatable bonds is 4. The van der Waals surface area contributed by atoms with Crippen LogP contribution in [0.25, 0.3) is 21.7 Å². The van der Waals surface area contributed by atoms with Crippen molar-refractivity contribution in [2.45, 2.75) is 6.54 Å². The van der Waals surface area contributed by atoms with Crippen LogP contribution in [-0.4, -0.2) is 20.7 Å². The van der Waals surface area contributed by atoms with Crippen molar-refractivity contribution in [2.24, 2.45) is 10.2 Å². The highest BCUT2D eigenvalue weighted by molar-refractivity contribution is 6.31. The van der Waals surface area contributed by atoms with Crippen LogP contribution < -0.4 is 0 Å². The van der Waals surface area contributed by atoms with Crippen LogP contribution in [0.4, 0.5) is 5.69 Å². The highest BCUT2D eigenvalue weighted by Crippen LogP contribution is 2.40. The molecule has 0 saturated carbocycles. The molecule has 2 N–H and O–H groups in total. The Labute approximate surface area is 194 Å². The molecule has 1 aromatic heterocycles. The lowest BCUT2D eigenvalue weighted by Gasteiger charge is -2.08. The average molecular weight is 456 g/mol. The monoisotopic (exact) mass is 455 g/mol. The van der Waals surface area contributed by atoms with Gasteiger partial charge in [-0.1, -0.05) is 72.3 Å². The molecule has 162 valence electrons. The van der Waals surface area contributed by atoms with Gasteiger partial charge in [0, 0.05) is 10.4 Å². The molecule has 0 aliphatic rings. The van der Waals surface area contributed by atoms with E-state index in [9.17, 15) is 15.0 Å². The second kappa shape index (κ2) is 8.41. The maximum absolute atomic E-state index is 12.7. The van der Waals surface area contributed by atoms with Gasteiger partial charge in [-0.3, -0.25) is 4.79 Å². The number of aromatic nitrogens is 1. The van der Waals surface area contributed by atoms with Gasteiger partial charge in [0.15, 0.2) is 5.69 Å². The average Bonchev–Trinajstić information content (AvgIpc) is 3.09. The predicted molar refractivity (Wildman–Crippen MR) is 129 cm³/mol. The molecule has 0 atom stereocenters. The molecular formula is C26H18ClN3O3. The van der Waals surface area contributed by atoms with E-state index in [4.69, 9.17) is 11.6 Å². The first-order chi connectivity index (χ1) is 16.0. The molecule has 6 nitrogen and oxygen atoms in total. The zero-order valence-electron chi connectivity index (χ0n) is 17.3. The number of amides is 1. The molecule has 1 heterocycles. The van der Waals surface area contributed by atoms with Crippen LogP contribution in [0, 0.1) is 0 Å². The van der Waals surface area contributed by atoms with Gasteiger partial charge in [0.25, 0.3) is 5.91 Å². The van der Waals surface area contributed by atoms with Crippen LogP contribution in [-0.2, 0) is 6.54 Å². The minimum Gasteiger partial charge on any atom is -0.507 e. The lowest BCUT2D eigenvalue weighted by atomic mass is 10.1. The van der Waals surface area contributed by atoms with Gasteiger partial charge in [-0.05, 0) is 40.6 Å². The molecular weight excluding hydrogens is 438 g/mol. The molecule has 5 rings (SSSR count). The summed E-state index contributed by atoms with van der Waals surface area (Å²) in [5.74, 6) is -1.01. The fraction of sp³-hybridized carbons (Fsp3) is 0.0385. The Morgan fingerprint density at radius 1 is 0.879 bits per heavy atom. The third-order valence-corrected chi connectivity index (χ3v) is 5.91. The Balaban J connectivity index is 1.54. The number of phenols is 1. The fourth-order valence-electron chi connectivity index (χ4n) is 3.88. The number of hydrogen-bond acceptors (Lipinski definition) is 4. The number of carbonyl (C=O) groups is 1. The van der Waals surface area contributed by atoms with Gasteiger partial charge in [0.05, 0.1) is 17.6 Å². The molecule has 7 heteroatoms. The summed E-state index contributed by atoms with van der Waals surface area (Å²) in [5.41, 5.74) is 1.77. The van der Waals surface area contributed by atoms with E-state index in [1.54, 1.807) is 22.8 Å². The molecule has 0 spiro atoms. The number of hydrogen-bond donors (Lipinski definition) is 2. The highest BCUT2D eigenvalue weighted by Gasteiger charge is 2.18. The Bertz CT molecular complexity index is 1560. The number of aromatic hydroxyl groups is 2. The third kappa shape index (κ3) is 3.81. The summed E-state index contributed by atoms with van der Waals surface area (Å²) in [5, 5.41) is 32.0. The zero-order chi connectivity index (χ0) is 22.9. The second-order valence-electron chi connectivity index (χ2n) is 7.59. The van der Waals surface area contributed by atoms with E-state index in [1.165, 1.54) is 6.07 Å². The van der Waals surface area contributed by atoms with Crippen molar-refractivity contribution in [1.82, 2.24) is 4.57 Å². The molecule has 4 aromatic carbocycles. The number of carbonyl (C=O) groups excluding carboxylic acids is 1. The van der Waals surface area contributed by atoms with Gasteiger partial charge >= 0.3 is 0 Å². The number of halogens is 1. The SMILES string of the molecule is O=C(N=Nc1c(O)n(Cc2ccccc2Cl)c2ccccc12)c1cc2ccccc2cc1O. The lowest BCUT2D eigenvalue weighted by Crippen LogP contribution is -1.99. The summed E-state index contributed by atoms with van der Waals surface area (Å²) in [7, 11) is 0. The van der Waals surface area contributed by atoms with E-state index >= 15 is 0 Å². The number of nitrogens with zero attached hydrogens (tertiary/aromatic N) is 3. The minimum atomic E-state index is -0.708. The molecule has 0 aliphatic carbocycles. The van der Waals surface area contributed by atoms with E-state index < -0.39 is 5.91 Å².